The Hall–Kier alpha value is -4.40. The molecule has 178 valence electrons. The van der Waals surface area contributed by atoms with Crippen LogP contribution in [-0.2, 0) is 6.54 Å². The molecule has 0 atom stereocenters. The number of rotatable bonds is 7. The lowest BCUT2D eigenvalue weighted by molar-refractivity contribution is 0.340. The van der Waals surface area contributed by atoms with Crippen molar-refractivity contribution in [2.24, 2.45) is 0 Å². The third-order valence-electron chi connectivity index (χ3n) is 5.73. The first-order valence-corrected chi connectivity index (χ1v) is 11.2. The lowest BCUT2D eigenvalue weighted by atomic mass is 10.1. The summed E-state index contributed by atoms with van der Waals surface area (Å²) in [7, 11) is 1.61. The van der Waals surface area contributed by atoms with Crippen molar-refractivity contribution in [2.45, 2.75) is 27.3 Å². The van der Waals surface area contributed by atoms with Gasteiger partial charge in [0.1, 0.15) is 34.4 Å². The largest absolute Gasteiger partial charge is 0.497 e. The van der Waals surface area contributed by atoms with E-state index in [4.69, 9.17) is 18.4 Å². The van der Waals surface area contributed by atoms with Crippen LogP contribution in [0.4, 0.5) is 0 Å². The van der Waals surface area contributed by atoms with Gasteiger partial charge in [0, 0.05) is 5.56 Å². The van der Waals surface area contributed by atoms with E-state index in [1.54, 1.807) is 14.0 Å². The Morgan fingerprint density at radius 3 is 2.54 bits per heavy atom. The second kappa shape index (κ2) is 9.09. The molecule has 0 amide bonds. The van der Waals surface area contributed by atoms with Crippen molar-refractivity contribution in [3.8, 4) is 34.2 Å². The first kappa shape index (κ1) is 22.4. The molecule has 0 N–H and O–H groups in total. The van der Waals surface area contributed by atoms with Crippen LogP contribution in [0.5, 0.6) is 11.5 Å². The Morgan fingerprint density at radius 1 is 1.03 bits per heavy atom. The number of benzene rings is 2. The predicted octanol–water partition coefficient (Wildman–Crippen LogP) is 4.78. The van der Waals surface area contributed by atoms with Crippen LogP contribution in [0.1, 0.15) is 24.1 Å². The molecular formula is C26H24N4O5. The summed E-state index contributed by atoms with van der Waals surface area (Å²) in [5.74, 6) is 2.93. The van der Waals surface area contributed by atoms with E-state index in [2.05, 4.69) is 15.2 Å². The van der Waals surface area contributed by atoms with E-state index in [0.717, 1.165) is 16.9 Å². The van der Waals surface area contributed by atoms with Gasteiger partial charge in [0.15, 0.2) is 5.52 Å². The molecule has 0 spiro atoms. The lowest BCUT2D eigenvalue weighted by Gasteiger charge is -2.09. The summed E-state index contributed by atoms with van der Waals surface area (Å²) in [6, 6.07) is 15.0. The topological polar surface area (TPSA) is 105 Å². The molecule has 0 saturated heterocycles. The standard InChI is InChI=1S/C26H24N4O5/c1-5-33-21-9-7-6-8-19(21)25-27-20(15(2)34-25)14-30-26(31)24-22(16(3)35-29-24)23(28-30)17-10-12-18(32-4)13-11-17/h6-13H,5,14H2,1-4H3. The molecule has 5 aromatic rings. The van der Waals surface area contributed by atoms with Crippen molar-refractivity contribution in [3.63, 3.8) is 0 Å². The second-order valence-corrected chi connectivity index (χ2v) is 7.95. The minimum atomic E-state index is -0.368. The molecular weight excluding hydrogens is 448 g/mol. The number of fused-ring (bicyclic) bond motifs is 1. The van der Waals surface area contributed by atoms with Crippen LogP contribution in [0.3, 0.4) is 0 Å². The van der Waals surface area contributed by atoms with Crippen molar-refractivity contribution in [1.29, 1.82) is 0 Å². The summed E-state index contributed by atoms with van der Waals surface area (Å²) in [6.07, 6.45) is 0. The average molecular weight is 473 g/mol. The van der Waals surface area contributed by atoms with Crippen molar-refractivity contribution < 1.29 is 18.4 Å². The number of methoxy groups -OCH3 is 1. The molecule has 0 aliphatic carbocycles. The molecule has 9 nitrogen and oxygen atoms in total. The monoisotopic (exact) mass is 472 g/mol. The maximum Gasteiger partial charge on any atom is 0.297 e. The van der Waals surface area contributed by atoms with Gasteiger partial charge < -0.3 is 18.4 Å². The zero-order valence-electron chi connectivity index (χ0n) is 19.9. The van der Waals surface area contributed by atoms with Crippen LogP contribution in [0.25, 0.3) is 33.6 Å². The van der Waals surface area contributed by atoms with Gasteiger partial charge in [-0.3, -0.25) is 4.79 Å². The predicted molar refractivity (Wildman–Crippen MR) is 130 cm³/mol. The SMILES string of the molecule is CCOc1ccccc1-c1nc(Cn2nc(-c3ccc(OC)cc3)c3c(C)onc3c2=O)c(C)o1. The van der Waals surface area contributed by atoms with Crippen LogP contribution >= 0.6 is 0 Å². The van der Waals surface area contributed by atoms with E-state index in [0.29, 0.717) is 46.5 Å². The fourth-order valence-corrected chi connectivity index (χ4v) is 3.95. The summed E-state index contributed by atoms with van der Waals surface area (Å²) < 4.78 is 23.6. The molecule has 0 aliphatic rings. The van der Waals surface area contributed by atoms with Gasteiger partial charge >= 0.3 is 0 Å². The zero-order valence-corrected chi connectivity index (χ0v) is 19.9. The third kappa shape index (κ3) is 4.05. The molecule has 0 fully saturated rings. The molecule has 0 aliphatic heterocycles. The van der Waals surface area contributed by atoms with E-state index in [1.807, 2.05) is 62.4 Å². The van der Waals surface area contributed by atoms with E-state index in [9.17, 15) is 4.79 Å². The minimum absolute atomic E-state index is 0.107. The molecule has 9 heteroatoms. The molecule has 35 heavy (non-hydrogen) atoms. The summed E-state index contributed by atoms with van der Waals surface area (Å²) in [6.45, 7) is 6.12. The lowest BCUT2D eigenvalue weighted by Crippen LogP contribution is -2.25. The highest BCUT2D eigenvalue weighted by Crippen LogP contribution is 2.31. The first-order chi connectivity index (χ1) is 17.0. The molecule has 5 rings (SSSR count). The molecule has 0 radical (unpaired) electrons. The third-order valence-corrected chi connectivity index (χ3v) is 5.73. The van der Waals surface area contributed by atoms with Crippen LogP contribution in [-0.4, -0.2) is 33.6 Å². The quantitative estimate of drug-likeness (QED) is 0.333. The van der Waals surface area contributed by atoms with Gasteiger partial charge in [0.05, 0.1) is 31.2 Å². The van der Waals surface area contributed by atoms with Gasteiger partial charge in [-0.05, 0) is 57.2 Å². The Labute approximate surface area is 200 Å². The van der Waals surface area contributed by atoms with Gasteiger partial charge in [-0.25, -0.2) is 9.67 Å². The number of nitrogens with zero attached hydrogens (tertiary/aromatic N) is 4. The highest BCUT2D eigenvalue weighted by atomic mass is 16.5. The molecule has 3 aromatic heterocycles. The summed E-state index contributed by atoms with van der Waals surface area (Å²) in [4.78, 5) is 17.9. The van der Waals surface area contributed by atoms with Crippen molar-refractivity contribution in [3.05, 3.63) is 76.1 Å². The van der Waals surface area contributed by atoms with E-state index in [-0.39, 0.29) is 17.6 Å². The zero-order chi connectivity index (χ0) is 24.5. The normalized spacial score (nSPS) is 11.2. The van der Waals surface area contributed by atoms with Crippen molar-refractivity contribution >= 4 is 10.9 Å². The van der Waals surface area contributed by atoms with Crippen molar-refractivity contribution in [2.75, 3.05) is 13.7 Å². The maximum absolute atomic E-state index is 13.2. The van der Waals surface area contributed by atoms with Crippen molar-refractivity contribution in [1.82, 2.24) is 19.9 Å². The smallest absolute Gasteiger partial charge is 0.297 e. The molecule has 0 unspecified atom stereocenters. The fraction of sp³-hybridized carbons (Fsp3) is 0.231. The first-order valence-electron chi connectivity index (χ1n) is 11.2. The second-order valence-electron chi connectivity index (χ2n) is 7.95. The van der Waals surface area contributed by atoms with Crippen LogP contribution < -0.4 is 15.0 Å². The average Bonchev–Trinajstić information content (AvgIpc) is 3.44. The number of para-hydroxylation sites is 1. The number of aryl methyl sites for hydroxylation is 2. The number of aromatic nitrogens is 4. The Bertz CT molecular complexity index is 1560. The number of hydrogen-bond donors (Lipinski definition) is 0. The van der Waals surface area contributed by atoms with Gasteiger partial charge in [-0.15, -0.1) is 0 Å². The summed E-state index contributed by atoms with van der Waals surface area (Å²) in [5, 5.41) is 9.28. The molecule has 3 heterocycles. The Morgan fingerprint density at radius 2 is 1.80 bits per heavy atom. The fourth-order valence-electron chi connectivity index (χ4n) is 3.95. The van der Waals surface area contributed by atoms with Crippen LogP contribution in [0.15, 0.2) is 62.3 Å². The maximum atomic E-state index is 13.2. The van der Waals surface area contributed by atoms with Gasteiger partial charge in [-0.1, -0.05) is 17.3 Å². The number of ether oxygens (including phenoxy) is 2. The van der Waals surface area contributed by atoms with E-state index >= 15 is 0 Å². The van der Waals surface area contributed by atoms with Crippen LogP contribution in [0.2, 0.25) is 0 Å². The van der Waals surface area contributed by atoms with E-state index < -0.39 is 0 Å². The van der Waals surface area contributed by atoms with Gasteiger partial charge in [-0.2, -0.15) is 5.10 Å². The van der Waals surface area contributed by atoms with Gasteiger partial charge in [0.2, 0.25) is 5.89 Å². The summed E-state index contributed by atoms with van der Waals surface area (Å²) in [5.41, 5.74) is 2.56. The Kier molecular flexibility index (Phi) is 5.82. The highest BCUT2D eigenvalue weighted by Gasteiger charge is 2.21. The molecule has 2 aromatic carbocycles. The highest BCUT2D eigenvalue weighted by molar-refractivity contribution is 5.93. The minimum Gasteiger partial charge on any atom is -0.497 e. The molecule has 0 bridgehead atoms. The number of oxazole rings is 1. The van der Waals surface area contributed by atoms with Gasteiger partial charge in [0.25, 0.3) is 5.56 Å². The van der Waals surface area contributed by atoms with E-state index in [1.165, 1.54) is 4.68 Å². The Balaban J connectivity index is 1.59. The number of hydrogen-bond acceptors (Lipinski definition) is 8. The molecule has 0 saturated carbocycles. The van der Waals surface area contributed by atoms with Crippen LogP contribution in [0, 0.1) is 13.8 Å². The summed E-state index contributed by atoms with van der Waals surface area (Å²) >= 11 is 0.